The first-order valence-corrected chi connectivity index (χ1v) is 8.25. The molecule has 3 unspecified atom stereocenters. The normalized spacial score (nSPS) is 28.9. The molecule has 0 radical (unpaired) electrons. The summed E-state index contributed by atoms with van der Waals surface area (Å²) in [5.41, 5.74) is 0.943. The summed E-state index contributed by atoms with van der Waals surface area (Å²) in [7, 11) is 0. The van der Waals surface area contributed by atoms with E-state index in [9.17, 15) is 4.79 Å². The number of benzene rings is 1. The molecule has 1 aromatic carbocycles. The summed E-state index contributed by atoms with van der Waals surface area (Å²) in [4.78, 5) is 16.9. The average molecular weight is 286 g/mol. The number of rotatable bonds is 3. The quantitative estimate of drug-likeness (QED) is 0.881. The van der Waals surface area contributed by atoms with Crippen molar-refractivity contribution in [1.82, 2.24) is 10.3 Å². The molecule has 4 heteroatoms. The van der Waals surface area contributed by atoms with Crippen molar-refractivity contribution in [3.63, 3.8) is 0 Å². The van der Waals surface area contributed by atoms with Gasteiger partial charge < -0.3 is 5.32 Å². The van der Waals surface area contributed by atoms with Gasteiger partial charge in [0.15, 0.2) is 10.8 Å². The molecule has 1 saturated carbocycles. The smallest absolute Gasteiger partial charge is 0.192 e. The van der Waals surface area contributed by atoms with E-state index in [0.717, 1.165) is 22.7 Å². The maximum atomic E-state index is 12.5. The van der Waals surface area contributed by atoms with Crippen molar-refractivity contribution >= 4 is 27.3 Å². The Kier molecular flexibility index (Phi) is 3.08. The molecule has 1 aliphatic heterocycles. The molecular weight excluding hydrogens is 268 g/mol. The fraction of sp³-hybridized carbons (Fsp3) is 0.500. The lowest BCUT2D eigenvalue weighted by Gasteiger charge is -2.16. The molecular formula is C16H18N2OS. The molecule has 104 valence electrons. The van der Waals surface area contributed by atoms with Gasteiger partial charge in [-0.1, -0.05) is 18.6 Å². The molecule has 0 bridgehead atoms. The zero-order chi connectivity index (χ0) is 13.5. The van der Waals surface area contributed by atoms with Crippen molar-refractivity contribution in [3.05, 3.63) is 29.3 Å². The number of thiazole rings is 1. The van der Waals surface area contributed by atoms with Gasteiger partial charge in [-0.05, 0) is 43.4 Å². The van der Waals surface area contributed by atoms with Gasteiger partial charge in [-0.2, -0.15) is 0 Å². The topological polar surface area (TPSA) is 42.0 Å². The van der Waals surface area contributed by atoms with Crippen LogP contribution in [-0.2, 0) is 0 Å². The first-order valence-electron chi connectivity index (χ1n) is 7.43. The molecule has 1 N–H and O–H groups in total. The fourth-order valence-corrected chi connectivity index (χ4v) is 4.72. The molecule has 2 fully saturated rings. The minimum atomic E-state index is 0.205. The Hall–Kier alpha value is -1.26. The van der Waals surface area contributed by atoms with Gasteiger partial charge in [0.25, 0.3) is 0 Å². The van der Waals surface area contributed by atoms with Crippen molar-refractivity contribution in [2.45, 2.75) is 31.7 Å². The predicted molar refractivity (Wildman–Crippen MR) is 81.2 cm³/mol. The number of carbonyl (C=O) groups excluding carboxylic acids is 1. The molecule has 2 aliphatic rings. The number of para-hydroxylation sites is 1. The number of nitrogens with zero attached hydrogens (tertiary/aromatic N) is 1. The molecule has 2 aromatic rings. The largest absolute Gasteiger partial charge is 0.313 e. The molecule has 3 atom stereocenters. The Bertz CT molecular complexity index is 618. The highest BCUT2D eigenvalue weighted by molar-refractivity contribution is 7.20. The third-order valence-corrected chi connectivity index (χ3v) is 5.89. The molecule has 3 nitrogen and oxygen atoms in total. The number of ketones is 1. The maximum absolute atomic E-state index is 12.5. The van der Waals surface area contributed by atoms with Crippen LogP contribution in [0.5, 0.6) is 0 Å². The van der Waals surface area contributed by atoms with Crippen LogP contribution in [0.2, 0.25) is 0 Å². The number of hydrogen-bond donors (Lipinski definition) is 1. The Morgan fingerprint density at radius 2 is 2.25 bits per heavy atom. The van der Waals surface area contributed by atoms with E-state index in [1.54, 1.807) is 0 Å². The Morgan fingerprint density at radius 3 is 3.15 bits per heavy atom. The summed E-state index contributed by atoms with van der Waals surface area (Å²) in [5.74, 6) is 1.73. The van der Waals surface area contributed by atoms with Gasteiger partial charge in [-0.3, -0.25) is 4.79 Å². The van der Waals surface area contributed by atoms with Gasteiger partial charge in [-0.15, -0.1) is 11.3 Å². The molecule has 20 heavy (non-hydrogen) atoms. The average Bonchev–Trinajstić information content (AvgIpc) is 3.13. The molecule has 2 heterocycles. The van der Waals surface area contributed by atoms with E-state index in [4.69, 9.17) is 0 Å². The van der Waals surface area contributed by atoms with Crippen LogP contribution in [0.15, 0.2) is 24.3 Å². The number of fused-ring (bicyclic) bond motifs is 2. The minimum absolute atomic E-state index is 0.205. The molecule has 4 rings (SSSR count). The third-order valence-electron chi connectivity index (χ3n) is 4.81. The molecule has 1 aromatic heterocycles. The van der Waals surface area contributed by atoms with Gasteiger partial charge in [0, 0.05) is 12.5 Å². The first-order chi connectivity index (χ1) is 9.81. The highest BCUT2D eigenvalue weighted by atomic mass is 32.1. The van der Waals surface area contributed by atoms with Crippen LogP contribution in [0.1, 0.15) is 35.5 Å². The SMILES string of the molecule is O=C(CC1NCC2CCCC21)c1nc2ccccc2s1. The van der Waals surface area contributed by atoms with Crippen LogP contribution >= 0.6 is 11.3 Å². The van der Waals surface area contributed by atoms with Crippen molar-refractivity contribution in [3.8, 4) is 0 Å². The van der Waals surface area contributed by atoms with Crippen molar-refractivity contribution in [2.24, 2.45) is 11.8 Å². The summed E-state index contributed by atoms with van der Waals surface area (Å²) < 4.78 is 1.11. The number of carbonyl (C=O) groups is 1. The predicted octanol–water partition coefficient (Wildman–Crippen LogP) is 3.26. The van der Waals surface area contributed by atoms with Gasteiger partial charge in [0.1, 0.15) is 0 Å². The van der Waals surface area contributed by atoms with Crippen LogP contribution in [0, 0.1) is 11.8 Å². The highest BCUT2D eigenvalue weighted by Crippen LogP contribution is 2.39. The number of nitrogens with one attached hydrogen (secondary N) is 1. The molecule has 1 saturated heterocycles. The van der Waals surface area contributed by atoms with Gasteiger partial charge >= 0.3 is 0 Å². The Balaban J connectivity index is 1.52. The number of Topliss-reactive ketones (excluding diaryl/α,β-unsaturated/α-hetero) is 1. The van der Waals surface area contributed by atoms with Gasteiger partial charge in [0.05, 0.1) is 10.2 Å². The van der Waals surface area contributed by atoms with E-state index in [0.29, 0.717) is 23.4 Å². The summed E-state index contributed by atoms with van der Waals surface area (Å²) in [6.45, 7) is 1.10. The van der Waals surface area contributed by atoms with E-state index in [2.05, 4.69) is 10.3 Å². The van der Waals surface area contributed by atoms with E-state index >= 15 is 0 Å². The lowest BCUT2D eigenvalue weighted by atomic mass is 9.91. The van der Waals surface area contributed by atoms with Crippen LogP contribution in [0.3, 0.4) is 0 Å². The number of hydrogen-bond acceptors (Lipinski definition) is 4. The van der Waals surface area contributed by atoms with E-state index in [-0.39, 0.29) is 5.78 Å². The highest BCUT2D eigenvalue weighted by Gasteiger charge is 2.39. The van der Waals surface area contributed by atoms with Crippen molar-refractivity contribution in [2.75, 3.05) is 6.54 Å². The zero-order valence-electron chi connectivity index (χ0n) is 11.3. The lowest BCUT2D eigenvalue weighted by molar-refractivity contribution is 0.0963. The Morgan fingerprint density at radius 1 is 1.35 bits per heavy atom. The second-order valence-corrected chi connectivity index (χ2v) is 7.01. The second kappa shape index (κ2) is 4.93. The van der Waals surface area contributed by atoms with Gasteiger partial charge in [-0.25, -0.2) is 4.98 Å². The third kappa shape index (κ3) is 2.07. The lowest BCUT2D eigenvalue weighted by Crippen LogP contribution is -2.29. The van der Waals surface area contributed by atoms with Crippen molar-refractivity contribution < 1.29 is 4.79 Å². The van der Waals surface area contributed by atoms with Crippen LogP contribution in [0.25, 0.3) is 10.2 Å². The second-order valence-electron chi connectivity index (χ2n) is 5.98. The first kappa shape index (κ1) is 12.5. The molecule has 1 aliphatic carbocycles. The van der Waals surface area contributed by atoms with Crippen molar-refractivity contribution in [1.29, 1.82) is 0 Å². The van der Waals surface area contributed by atoms with E-state index < -0.39 is 0 Å². The van der Waals surface area contributed by atoms with Gasteiger partial charge in [0.2, 0.25) is 0 Å². The summed E-state index contributed by atoms with van der Waals surface area (Å²) in [5, 5.41) is 4.22. The van der Waals surface area contributed by atoms with E-state index in [1.165, 1.54) is 30.6 Å². The summed E-state index contributed by atoms with van der Waals surface area (Å²) >= 11 is 1.53. The van der Waals surface area contributed by atoms with Crippen LogP contribution in [0.4, 0.5) is 0 Å². The summed E-state index contributed by atoms with van der Waals surface area (Å²) in [6.07, 6.45) is 4.57. The van der Waals surface area contributed by atoms with E-state index in [1.807, 2.05) is 24.3 Å². The minimum Gasteiger partial charge on any atom is -0.313 e. The standard InChI is InChI=1S/C16H18N2OS/c19-14(8-13-11-5-3-4-10(11)9-17-13)16-18-12-6-1-2-7-15(12)20-16/h1-2,6-7,10-11,13,17H,3-5,8-9H2. The number of aromatic nitrogens is 1. The maximum Gasteiger partial charge on any atom is 0.192 e. The Labute approximate surface area is 122 Å². The van der Waals surface area contributed by atoms with Crippen LogP contribution in [-0.4, -0.2) is 23.4 Å². The molecule has 0 amide bonds. The fourth-order valence-electron chi connectivity index (χ4n) is 3.80. The zero-order valence-corrected chi connectivity index (χ0v) is 12.2. The monoisotopic (exact) mass is 286 g/mol. The van der Waals surface area contributed by atoms with Crippen LogP contribution < -0.4 is 5.32 Å². The summed E-state index contributed by atoms with van der Waals surface area (Å²) in [6, 6.07) is 8.35. The molecule has 0 spiro atoms.